The van der Waals surface area contributed by atoms with Gasteiger partial charge in [0.2, 0.25) is 106 Å². The Hall–Kier alpha value is -14.1. The van der Waals surface area contributed by atoms with E-state index in [4.69, 9.17) is 22.9 Å². The Balaban J connectivity index is 1.12. The highest BCUT2D eigenvalue weighted by molar-refractivity contribution is 6.03. The SMILES string of the molecule is CCCC[C@H]1C(=O)N(C)[C@@H](CCCC)C(=O)N[C@@H](CC(C)C)C(=O)N[C@H](C(N)=O)CNCC(=O)N[C@@H](Cc2ccc(O)cc2)C(=O)N2CCCC[C@H]2C(=O)N[C@@H](CC(=O)O)C(=O)N2CCC[C@H]2C(=O)N[C@@H](CCC(N)=O)C(=O)N[C@@H](CCC(N)=O)C(=O)N2C[C@H](O)C[C@H]2C(=O)N[C@@H](Cc2c[nH]c3ccccc23)C(=O)N[C@@H](CC(N)=O)C(=O)N[C@@H](Cc2cn(CC(=O)O)c3ccccc23)C(=O)N1C. The van der Waals surface area contributed by atoms with E-state index < -0.39 is 293 Å². The van der Waals surface area contributed by atoms with Crippen molar-refractivity contribution in [2.75, 3.05) is 46.8 Å². The van der Waals surface area contributed by atoms with Crippen LogP contribution in [-0.4, -0.2) is 310 Å². The highest BCUT2D eigenvalue weighted by atomic mass is 16.4. The van der Waals surface area contributed by atoms with Crippen molar-refractivity contribution in [2.45, 2.75) is 266 Å². The number of carboxylic acid groups (broad SMARTS) is 2. The lowest BCUT2D eigenvalue weighted by Crippen LogP contribution is -2.61. The molecule has 4 fully saturated rings. The number of para-hydroxylation sites is 2. The van der Waals surface area contributed by atoms with Crippen LogP contribution in [-0.2, 0) is 122 Å². The third kappa shape index (κ3) is 29.4. The number of nitrogens with two attached hydrogens (primary N) is 4. The first-order chi connectivity index (χ1) is 65.1. The van der Waals surface area contributed by atoms with Crippen LogP contribution in [0.15, 0.2) is 85.2 Å². The molecule has 4 aliphatic rings. The van der Waals surface area contributed by atoms with Crippen molar-refractivity contribution >= 4 is 140 Å². The molecule has 9 rings (SSSR count). The van der Waals surface area contributed by atoms with Gasteiger partial charge in [0.05, 0.1) is 25.5 Å². The number of likely N-dealkylation sites (N-methyl/N-ethyl adjacent to an activating group) is 2. The molecule has 23 N–H and O–H groups in total. The minimum atomic E-state index is -2.04. The number of aliphatic carboxylic acids is 2. The van der Waals surface area contributed by atoms with Gasteiger partial charge in [0.1, 0.15) is 96.9 Å². The molecule has 0 bridgehead atoms. The van der Waals surface area contributed by atoms with E-state index >= 15 is 38.4 Å². The highest BCUT2D eigenvalue weighted by Crippen LogP contribution is 2.30. The van der Waals surface area contributed by atoms with Gasteiger partial charge in [-0.25, -0.2) is 0 Å². The number of hydrogen-bond acceptors (Lipinski definition) is 23. The standard InChI is InChI=1S/C92H127N21O24/c1-7-9-21-68-84(129)103-60(36-49(3)4)81(126)107-66(79(96)124)44-97-45-76(119)99-63(37-50-26-28-53(114)29-27-50)90(135)111-34-16-15-24-69(111)86(131)106-65(42-77(120)121)91(136)112-35-17-25-70(112)85(130)100-58(30-32-73(93)116)80(125)101-59(31-33-74(94)117)89(134)113-47-54(115)40-72(113)87(132)104-61(38-51-43-98-57-20-13-11-18-55(51)57)82(127)102-62(41-75(95)118)83(128)105-64(88(133)109(6)71(22-10-8-2)92(137)108(68)5)39-52-46-110(48-78(122)123)67-23-14-12-19-56(52)67/h11-14,18-20,23,26-29,43,46,49,54,58-66,68-72,97-98,114-115H,7-10,15-17,21-22,24-25,30-42,44-45,47-48H2,1-6H3,(H2,93,116)(H2,94,117)(H2,95,118)(H2,96,124)(H,99,119)(H,100,130)(H,101,125)(H,102,127)(H,103,129)(H,104,132)(H,105,128)(H,106,131)(H,107,126)(H,120,121)(H,122,123)/t54-,58+,59+,60+,61+,62+,63+,64+,65+,66+,68+,69+,70+,71+,72+/m1/s1. The fourth-order valence-electron chi connectivity index (χ4n) is 17.8. The Morgan fingerprint density at radius 1 is 0.474 bits per heavy atom. The first kappa shape index (κ1) is 107. The summed E-state index contributed by atoms with van der Waals surface area (Å²) in [5.41, 5.74) is 25.0. The molecule has 0 saturated carbocycles. The van der Waals surface area contributed by atoms with E-state index in [9.17, 15) is 78.0 Å². The monoisotopic (exact) mass is 1910 g/mol. The number of amides is 18. The summed E-state index contributed by atoms with van der Waals surface area (Å²) < 4.78 is 1.38. The number of aromatic nitrogens is 2. The van der Waals surface area contributed by atoms with Crippen LogP contribution in [0.1, 0.15) is 166 Å². The van der Waals surface area contributed by atoms with Crippen LogP contribution >= 0.6 is 0 Å². The zero-order valence-electron chi connectivity index (χ0n) is 77.6. The summed E-state index contributed by atoms with van der Waals surface area (Å²) >= 11 is 0. The Morgan fingerprint density at radius 2 is 0.993 bits per heavy atom. The number of primary amides is 4. The van der Waals surface area contributed by atoms with Gasteiger partial charge in [0.25, 0.3) is 0 Å². The number of benzene rings is 3. The summed E-state index contributed by atoms with van der Waals surface area (Å²) in [6.45, 7) is 4.33. The average Bonchev–Trinajstić information content (AvgIpc) is 1.65. The number of rotatable bonds is 27. The van der Waals surface area contributed by atoms with Crippen molar-refractivity contribution in [3.63, 3.8) is 0 Å². The second kappa shape index (κ2) is 49.9. The summed E-state index contributed by atoms with van der Waals surface area (Å²) in [4.78, 5) is 297. The molecule has 6 heterocycles. The summed E-state index contributed by atoms with van der Waals surface area (Å²) in [6.07, 6.45) is -3.00. The molecule has 15 atom stereocenters. The molecule has 4 saturated heterocycles. The summed E-state index contributed by atoms with van der Waals surface area (Å²) in [6, 6.07) is -4.61. The molecule has 0 unspecified atom stereocenters. The number of unbranched alkanes of at least 4 members (excludes halogenated alkanes) is 2. The molecule has 2 aromatic heterocycles. The molecule has 3 aromatic carbocycles. The maximum absolute atomic E-state index is 15.9. The lowest BCUT2D eigenvalue weighted by atomic mass is 9.97. The topological polar surface area (TPSA) is 684 Å². The number of aromatic amines is 1. The minimum Gasteiger partial charge on any atom is -0.508 e. The van der Waals surface area contributed by atoms with Crippen LogP contribution in [0.4, 0.5) is 0 Å². The third-order valence-corrected chi connectivity index (χ3v) is 24.9. The van der Waals surface area contributed by atoms with Gasteiger partial charge in [0, 0.05) is 113 Å². The van der Waals surface area contributed by atoms with Gasteiger partial charge in [0.15, 0.2) is 0 Å². The number of aromatic hydroxyl groups is 1. The van der Waals surface area contributed by atoms with Gasteiger partial charge in [-0.1, -0.05) is 102 Å². The van der Waals surface area contributed by atoms with Gasteiger partial charge in [-0.2, -0.15) is 0 Å². The van der Waals surface area contributed by atoms with E-state index in [1.165, 1.54) is 55.3 Å². The van der Waals surface area contributed by atoms with E-state index in [0.717, 1.165) is 24.5 Å². The Kier molecular flexibility index (Phi) is 38.8. The van der Waals surface area contributed by atoms with Crippen molar-refractivity contribution in [1.29, 1.82) is 0 Å². The van der Waals surface area contributed by atoms with E-state index in [1.54, 1.807) is 62.4 Å². The molecule has 5 aromatic rings. The molecule has 0 spiro atoms. The smallest absolute Gasteiger partial charge is 0.323 e. The number of fused-ring (bicyclic) bond motifs is 5. The molecular weight excluding hydrogens is 1780 g/mol. The number of carboxylic acids is 2. The van der Waals surface area contributed by atoms with Gasteiger partial charge in [-0.05, 0) is 111 Å². The molecule has 18 amide bonds. The van der Waals surface area contributed by atoms with E-state index in [0.29, 0.717) is 65.0 Å². The number of carbonyl (C=O) groups is 20. The second-order valence-corrected chi connectivity index (χ2v) is 35.7. The Bertz CT molecular complexity index is 5270. The maximum Gasteiger partial charge on any atom is 0.323 e. The van der Waals surface area contributed by atoms with Crippen molar-refractivity contribution < 1.29 is 116 Å². The molecule has 45 heteroatoms. The Labute approximate surface area is 789 Å². The van der Waals surface area contributed by atoms with Gasteiger partial charge in [-0.15, -0.1) is 0 Å². The van der Waals surface area contributed by atoms with Gasteiger partial charge >= 0.3 is 11.9 Å². The van der Waals surface area contributed by atoms with Crippen molar-refractivity contribution in [3.8, 4) is 5.75 Å². The number of aliphatic hydroxyl groups excluding tert-OH is 1. The number of H-pyrrole nitrogens is 1. The molecule has 744 valence electrons. The van der Waals surface area contributed by atoms with Crippen molar-refractivity contribution in [2.24, 2.45) is 28.9 Å². The fourth-order valence-corrected chi connectivity index (χ4v) is 17.8. The quantitative estimate of drug-likeness (QED) is 0.0245. The van der Waals surface area contributed by atoms with Crippen LogP contribution in [0.25, 0.3) is 21.8 Å². The Morgan fingerprint density at radius 3 is 1.62 bits per heavy atom. The molecule has 4 aliphatic heterocycles. The highest BCUT2D eigenvalue weighted by Gasteiger charge is 2.48. The van der Waals surface area contributed by atoms with E-state index in [-0.39, 0.29) is 81.7 Å². The first-order valence-electron chi connectivity index (χ1n) is 46.1. The normalized spacial score (nSPS) is 25.1. The molecule has 137 heavy (non-hydrogen) atoms. The fraction of sp³-hybridized carbons (Fsp3) is 0.543. The first-order valence-corrected chi connectivity index (χ1v) is 46.1. The molecule has 45 nitrogen and oxygen atoms in total. The van der Waals surface area contributed by atoms with E-state index in [2.05, 4.69) is 58.2 Å². The number of piperidine rings is 1. The van der Waals surface area contributed by atoms with Crippen LogP contribution in [0.2, 0.25) is 0 Å². The number of aliphatic hydroxyl groups is 1. The lowest BCUT2D eigenvalue weighted by molar-refractivity contribution is -0.149. The number of phenols is 1. The minimum absolute atomic E-state index is 0.0201. The summed E-state index contributed by atoms with van der Waals surface area (Å²) in [7, 11) is 2.60. The van der Waals surface area contributed by atoms with Crippen LogP contribution in [0.3, 0.4) is 0 Å². The zero-order valence-corrected chi connectivity index (χ0v) is 77.6. The number of nitrogens with one attached hydrogen (secondary N) is 11. The lowest BCUT2D eigenvalue weighted by Gasteiger charge is -2.38. The van der Waals surface area contributed by atoms with E-state index in [1.807, 2.05) is 13.8 Å². The number of nitrogens with zero attached hydrogens (tertiary/aromatic N) is 6. The molecule has 0 radical (unpaired) electrons. The summed E-state index contributed by atoms with van der Waals surface area (Å²) in [5, 5.41) is 69.0. The summed E-state index contributed by atoms with van der Waals surface area (Å²) in [5.74, 6) is -22.1. The number of phenolic OH excluding ortho intramolecular Hbond substituents is 1. The van der Waals surface area contributed by atoms with Crippen molar-refractivity contribution in [1.82, 2.24) is 87.2 Å². The van der Waals surface area contributed by atoms with Crippen LogP contribution < -0.4 is 76.1 Å². The molecular formula is C92H127N21O24. The van der Waals surface area contributed by atoms with Crippen LogP contribution in [0, 0.1) is 5.92 Å². The van der Waals surface area contributed by atoms with Crippen molar-refractivity contribution in [3.05, 3.63) is 102 Å². The largest absolute Gasteiger partial charge is 0.508 e. The van der Waals surface area contributed by atoms with Gasteiger partial charge < -0.3 is 131 Å². The number of carbonyl (C=O) groups excluding carboxylic acids is 18. The van der Waals surface area contributed by atoms with Gasteiger partial charge in [-0.3, -0.25) is 95.9 Å². The predicted molar refractivity (Wildman–Crippen MR) is 491 cm³/mol. The zero-order chi connectivity index (χ0) is 100. The molecule has 0 aliphatic carbocycles. The second-order valence-electron chi connectivity index (χ2n) is 35.7. The predicted octanol–water partition coefficient (Wildman–Crippen LogP) is -3.31. The average molecular weight is 1910 g/mol. The third-order valence-electron chi connectivity index (χ3n) is 24.9. The maximum atomic E-state index is 15.9. The number of hydrogen-bond donors (Lipinski definition) is 19. The van der Waals surface area contributed by atoms with Crippen LogP contribution in [0.5, 0.6) is 5.75 Å².